The van der Waals surface area contributed by atoms with E-state index in [0.29, 0.717) is 25.3 Å². The van der Waals surface area contributed by atoms with Gasteiger partial charge in [0.25, 0.3) is 8.32 Å². The van der Waals surface area contributed by atoms with Crippen LogP contribution >= 0.6 is 15.9 Å². The average molecular weight is 706 g/mol. The van der Waals surface area contributed by atoms with Gasteiger partial charge in [-0.15, -0.1) is 4.31 Å². The summed E-state index contributed by atoms with van der Waals surface area (Å²) in [5.74, 6) is -1.09. The molecular weight excluding hydrogens is 664 g/mol. The van der Waals surface area contributed by atoms with E-state index in [0.717, 1.165) is 21.2 Å². The molecule has 0 spiro atoms. The average Bonchev–Trinajstić information content (AvgIpc) is 3.36. The zero-order chi connectivity index (χ0) is 32.6. The third kappa shape index (κ3) is 6.70. The van der Waals surface area contributed by atoms with E-state index in [4.69, 9.17) is 4.43 Å². The lowest BCUT2D eigenvalue weighted by molar-refractivity contribution is 0.0690. The van der Waals surface area contributed by atoms with Gasteiger partial charge in [-0.3, -0.25) is 0 Å². The summed E-state index contributed by atoms with van der Waals surface area (Å²) in [5.41, 5.74) is 3.15. The van der Waals surface area contributed by atoms with Gasteiger partial charge in [0.1, 0.15) is 10.4 Å². The van der Waals surface area contributed by atoms with E-state index in [9.17, 15) is 14.5 Å². The number of carbonyl (C=O) groups is 1. The van der Waals surface area contributed by atoms with E-state index in [1.54, 1.807) is 6.07 Å². The zero-order valence-corrected chi connectivity index (χ0v) is 30.1. The summed E-state index contributed by atoms with van der Waals surface area (Å²) in [7, 11) is -2.80. The van der Waals surface area contributed by atoms with Gasteiger partial charge in [-0.1, -0.05) is 109 Å². The molecule has 1 aliphatic heterocycles. The minimum Gasteiger partial charge on any atom is -0.597 e. The van der Waals surface area contributed by atoms with Crippen molar-refractivity contribution in [3.63, 3.8) is 0 Å². The van der Waals surface area contributed by atoms with Crippen LogP contribution in [-0.2, 0) is 22.3 Å². The fourth-order valence-corrected chi connectivity index (χ4v) is 12.8. The molecule has 1 unspecified atom stereocenters. The molecule has 0 aliphatic carbocycles. The van der Waals surface area contributed by atoms with E-state index in [1.165, 1.54) is 10.4 Å². The molecular formula is C36H41BrN2O4SSi. The summed E-state index contributed by atoms with van der Waals surface area (Å²) in [5, 5.41) is 12.2. The first-order valence-electron chi connectivity index (χ1n) is 15.2. The first kappa shape index (κ1) is 33.6. The van der Waals surface area contributed by atoms with Gasteiger partial charge < -0.3 is 14.1 Å². The molecule has 6 nitrogen and oxygen atoms in total. The van der Waals surface area contributed by atoms with E-state index in [-0.39, 0.29) is 16.8 Å². The van der Waals surface area contributed by atoms with E-state index in [2.05, 4.69) is 90.2 Å². The topological polar surface area (TPSA) is 85.7 Å². The van der Waals surface area contributed by atoms with Crippen molar-refractivity contribution in [3.8, 4) is 11.3 Å². The highest BCUT2D eigenvalue weighted by atomic mass is 79.9. The molecule has 5 rings (SSSR count). The molecule has 3 aromatic carbocycles. The highest BCUT2D eigenvalue weighted by Crippen LogP contribution is 2.46. The van der Waals surface area contributed by atoms with Crippen LogP contribution < -0.4 is 10.4 Å². The molecule has 4 aromatic rings. The Labute approximate surface area is 279 Å². The molecule has 0 amide bonds. The number of fused-ring (bicyclic) bond motifs is 1. The Kier molecular flexibility index (Phi) is 9.80. The van der Waals surface area contributed by atoms with Gasteiger partial charge >= 0.3 is 5.97 Å². The number of hydrogen-bond donors (Lipinski definition) is 1. The molecule has 2 heterocycles. The Bertz CT molecular complexity index is 1620. The molecule has 236 valence electrons. The van der Waals surface area contributed by atoms with E-state index < -0.39 is 30.4 Å². The number of nitrogens with zero attached hydrogens (tertiary/aromatic N) is 2. The Morgan fingerprint density at radius 1 is 0.978 bits per heavy atom. The van der Waals surface area contributed by atoms with Crippen LogP contribution in [0.2, 0.25) is 5.04 Å². The van der Waals surface area contributed by atoms with Crippen LogP contribution in [0.1, 0.15) is 75.6 Å². The summed E-state index contributed by atoms with van der Waals surface area (Å²) in [6.07, 6.45) is 0.564. The molecule has 2 atom stereocenters. The molecule has 1 N–H and O–H groups in total. The highest BCUT2D eigenvalue weighted by molar-refractivity contribution is 9.10. The third-order valence-electron chi connectivity index (χ3n) is 8.33. The van der Waals surface area contributed by atoms with Crippen LogP contribution in [0.15, 0.2) is 95.5 Å². The summed E-state index contributed by atoms with van der Waals surface area (Å²) >= 11 is 2.21. The van der Waals surface area contributed by atoms with Gasteiger partial charge in [0, 0.05) is 33.6 Å². The molecule has 9 heteroatoms. The van der Waals surface area contributed by atoms with Crippen molar-refractivity contribution in [1.82, 2.24) is 9.29 Å². The second-order valence-electron chi connectivity index (χ2n) is 13.5. The van der Waals surface area contributed by atoms with Crippen molar-refractivity contribution in [2.75, 3.05) is 6.61 Å². The molecule has 1 aliphatic rings. The quantitative estimate of drug-likeness (QED) is 0.144. The molecule has 0 bridgehead atoms. The van der Waals surface area contributed by atoms with Gasteiger partial charge in [0.2, 0.25) is 0 Å². The number of aromatic carboxylic acids is 1. The van der Waals surface area contributed by atoms with Crippen molar-refractivity contribution < 1.29 is 18.9 Å². The maximum atomic E-state index is 14.1. The lowest BCUT2D eigenvalue weighted by Crippen LogP contribution is -2.66. The number of pyridine rings is 1. The fourth-order valence-electron chi connectivity index (χ4n) is 6.40. The molecule has 1 aromatic heterocycles. The first-order chi connectivity index (χ1) is 21.2. The molecule has 0 radical (unpaired) electrons. The second-order valence-corrected chi connectivity index (χ2v) is 20.9. The van der Waals surface area contributed by atoms with Gasteiger partial charge in [0.15, 0.2) is 0 Å². The van der Waals surface area contributed by atoms with Gasteiger partial charge in [-0.25, -0.2) is 9.78 Å². The summed E-state index contributed by atoms with van der Waals surface area (Å²) in [6, 6.07) is 30.2. The lowest BCUT2D eigenvalue weighted by Gasteiger charge is -2.43. The Morgan fingerprint density at radius 3 is 2.09 bits per heavy atom. The lowest BCUT2D eigenvalue weighted by atomic mass is 9.96. The van der Waals surface area contributed by atoms with E-state index >= 15 is 0 Å². The zero-order valence-electron chi connectivity index (χ0n) is 26.7. The minimum atomic E-state index is -2.80. The summed E-state index contributed by atoms with van der Waals surface area (Å²) < 4.78 is 23.7. The largest absolute Gasteiger partial charge is 0.597 e. The number of aromatic nitrogens is 1. The smallest absolute Gasteiger partial charge is 0.354 e. The molecule has 0 saturated carbocycles. The normalized spacial score (nSPS) is 16.4. The third-order valence-corrected chi connectivity index (χ3v) is 15.7. The monoisotopic (exact) mass is 704 g/mol. The van der Waals surface area contributed by atoms with Crippen molar-refractivity contribution in [2.24, 2.45) is 0 Å². The number of carboxylic acids is 1. The summed E-state index contributed by atoms with van der Waals surface area (Å²) in [4.78, 5) is 16.9. The van der Waals surface area contributed by atoms with Crippen LogP contribution in [-0.4, -0.2) is 44.6 Å². The van der Waals surface area contributed by atoms with Crippen LogP contribution in [0.25, 0.3) is 11.3 Å². The Balaban J connectivity index is 1.62. The van der Waals surface area contributed by atoms with E-state index in [1.807, 2.05) is 61.5 Å². The SMILES string of the molecule is CC(C)(C)[S@@+]([O-])N1Cc2cc(C(=O)O)nc(-c3cccc(Br)c3)c2C1CCO[Si](c1ccccc1)(c1ccccc1)C(C)(C)C. The highest BCUT2D eigenvalue weighted by Gasteiger charge is 2.51. The van der Waals surface area contributed by atoms with Crippen LogP contribution in [0.5, 0.6) is 0 Å². The van der Waals surface area contributed by atoms with Crippen molar-refractivity contribution in [3.05, 3.63) is 112 Å². The summed E-state index contributed by atoms with van der Waals surface area (Å²) in [6.45, 7) is 13.5. The molecule has 0 fully saturated rings. The maximum Gasteiger partial charge on any atom is 0.354 e. The van der Waals surface area contributed by atoms with Crippen LogP contribution in [0.3, 0.4) is 0 Å². The van der Waals surface area contributed by atoms with Gasteiger partial charge in [-0.05, 0) is 66.4 Å². The van der Waals surface area contributed by atoms with Crippen LogP contribution in [0.4, 0.5) is 0 Å². The fraction of sp³-hybridized carbons (Fsp3) is 0.333. The van der Waals surface area contributed by atoms with Gasteiger partial charge in [-0.2, -0.15) is 0 Å². The van der Waals surface area contributed by atoms with Gasteiger partial charge in [0.05, 0.1) is 18.3 Å². The predicted octanol–water partition coefficient (Wildman–Crippen LogP) is 7.49. The van der Waals surface area contributed by atoms with Crippen LogP contribution in [0, 0.1) is 0 Å². The van der Waals surface area contributed by atoms with Crippen molar-refractivity contribution in [2.45, 2.75) is 70.3 Å². The predicted molar refractivity (Wildman–Crippen MR) is 189 cm³/mol. The molecule has 0 saturated heterocycles. The standard InChI is InChI=1S/C36H41BrN2O4SSi/c1-35(2,3)44(42)39-24-26-23-30(34(40)41)38-33(25-14-13-15-27(37)22-25)32(26)31(39)20-21-43-45(36(4,5)6,28-16-9-7-10-17-28)29-18-11-8-12-19-29/h7-19,22-23,31H,20-21,24H2,1-6H3,(H,40,41)/t31?,44-/m1/s1. The number of hydrogen-bond acceptors (Lipinski definition) is 5. The number of carboxylic acid groups (broad SMARTS) is 1. The number of halogens is 1. The second kappa shape index (κ2) is 13.1. The Hall–Kier alpha value is -2.79. The number of rotatable bonds is 9. The molecule has 45 heavy (non-hydrogen) atoms. The Morgan fingerprint density at radius 2 is 1.58 bits per heavy atom. The minimum absolute atomic E-state index is 0.0190. The van der Waals surface area contributed by atoms with Crippen molar-refractivity contribution in [1.29, 1.82) is 0 Å². The maximum absolute atomic E-state index is 14.1. The van der Waals surface area contributed by atoms with Crippen molar-refractivity contribution >= 4 is 52.0 Å². The first-order valence-corrected chi connectivity index (χ1v) is 19.0. The number of benzene rings is 3.